The van der Waals surface area contributed by atoms with Crippen molar-refractivity contribution in [2.24, 2.45) is 0 Å². The first-order chi connectivity index (χ1) is 10.1. The van der Waals surface area contributed by atoms with E-state index in [2.05, 4.69) is 24.1 Å². The predicted molar refractivity (Wildman–Crippen MR) is 87.5 cm³/mol. The molecule has 21 heavy (non-hydrogen) atoms. The van der Waals surface area contributed by atoms with Crippen molar-refractivity contribution in [1.29, 1.82) is 0 Å². The van der Waals surface area contributed by atoms with Gasteiger partial charge in [-0.3, -0.25) is 0 Å². The van der Waals surface area contributed by atoms with Crippen molar-refractivity contribution in [3.8, 4) is 0 Å². The van der Waals surface area contributed by atoms with Crippen LogP contribution in [0.5, 0.6) is 0 Å². The van der Waals surface area contributed by atoms with Gasteiger partial charge in [-0.05, 0) is 32.4 Å². The third kappa shape index (κ3) is 3.68. The molecule has 0 saturated heterocycles. The number of nitrogen functional groups attached to an aromatic ring is 1. The van der Waals surface area contributed by atoms with Gasteiger partial charge >= 0.3 is 0 Å². The van der Waals surface area contributed by atoms with Crippen LogP contribution in [-0.4, -0.2) is 23.7 Å². The SMILES string of the molecule is CCNC(c1cc(Cl)cnc1N)C1(OCC)CCCCC1. The molecule has 1 aromatic rings. The van der Waals surface area contributed by atoms with E-state index in [9.17, 15) is 0 Å². The molecule has 1 atom stereocenters. The molecule has 1 aliphatic rings. The average molecular weight is 312 g/mol. The second kappa shape index (κ2) is 7.43. The highest BCUT2D eigenvalue weighted by atomic mass is 35.5. The van der Waals surface area contributed by atoms with Crippen molar-refractivity contribution in [2.45, 2.75) is 57.6 Å². The van der Waals surface area contributed by atoms with Gasteiger partial charge in [0.2, 0.25) is 0 Å². The van der Waals surface area contributed by atoms with Crippen LogP contribution in [0.25, 0.3) is 0 Å². The second-order valence-corrected chi connectivity index (χ2v) is 6.11. The van der Waals surface area contributed by atoms with Crippen LogP contribution in [0.3, 0.4) is 0 Å². The molecule has 1 fully saturated rings. The summed E-state index contributed by atoms with van der Waals surface area (Å²) in [5.74, 6) is 0.537. The minimum Gasteiger partial charge on any atom is -0.383 e. The van der Waals surface area contributed by atoms with Gasteiger partial charge in [0.1, 0.15) is 5.82 Å². The molecule has 0 radical (unpaired) electrons. The molecule has 1 saturated carbocycles. The maximum atomic E-state index is 6.25. The van der Waals surface area contributed by atoms with Crippen LogP contribution in [0.15, 0.2) is 12.3 Å². The second-order valence-electron chi connectivity index (χ2n) is 5.68. The molecule has 0 amide bonds. The number of pyridine rings is 1. The molecule has 118 valence electrons. The van der Waals surface area contributed by atoms with Gasteiger partial charge in [-0.2, -0.15) is 0 Å². The largest absolute Gasteiger partial charge is 0.383 e. The Balaban J connectivity index is 2.41. The highest BCUT2D eigenvalue weighted by Gasteiger charge is 2.42. The molecular weight excluding hydrogens is 286 g/mol. The summed E-state index contributed by atoms with van der Waals surface area (Å²) in [5.41, 5.74) is 6.87. The third-order valence-electron chi connectivity index (χ3n) is 4.29. The highest BCUT2D eigenvalue weighted by Crippen LogP contribution is 2.43. The molecule has 0 aromatic carbocycles. The van der Waals surface area contributed by atoms with E-state index in [1.807, 2.05) is 6.07 Å². The highest BCUT2D eigenvalue weighted by molar-refractivity contribution is 6.30. The van der Waals surface area contributed by atoms with Crippen molar-refractivity contribution in [3.63, 3.8) is 0 Å². The zero-order valence-electron chi connectivity index (χ0n) is 13.0. The first-order valence-corrected chi connectivity index (χ1v) is 8.29. The first kappa shape index (κ1) is 16.5. The van der Waals surface area contributed by atoms with Gasteiger partial charge in [-0.25, -0.2) is 4.98 Å². The van der Waals surface area contributed by atoms with Crippen LogP contribution in [0.2, 0.25) is 5.02 Å². The Labute approximate surface area is 132 Å². The van der Waals surface area contributed by atoms with E-state index >= 15 is 0 Å². The van der Waals surface area contributed by atoms with Gasteiger partial charge in [-0.15, -0.1) is 0 Å². The van der Waals surface area contributed by atoms with Crippen molar-refractivity contribution in [3.05, 3.63) is 22.8 Å². The lowest BCUT2D eigenvalue weighted by atomic mass is 9.76. The fraction of sp³-hybridized carbons (Fsp3) is 0.688. The number of nitrogens with one attached hydrogen (secondary N) is 1. The van der Waals surface area contributed by atoms with Crippen molar-refractivity contribution in [2.75, 3.05) is 18.9 Å². The zero-order valence-corrected chi connectivity index (χ0v) is 13.7. The lowest BCUT2D eigenvalue weighted by molar-refractivity contribution is -0.0908. The van der Waals surface area contributed by atoms with E-state index in [1.54, 1.807) is 6.20 Å². The maximum absolute atomic E-state index is 6.25. The summed E-state index contributed by atoms with van der Waals surface area (Å²) in [5, 5.41) is 4.17. The van der Waals surface area contributed by atoms with E-state index < -0.39 is 0 Å². The molecule has 1 aromatic heterocycles. The minimum atomic E-state index is -0.205. The number of likely N-dealkylation sites (N-methyl/N-ethyl adjacent to an activating group) is 1. The molecular formula is C16H26ClN3O. The average Bonchev–Trinajstić information content (AvgIpc) is 2.49. The number of hydrogen-bond acceptors (Lipinski definition) is 4. The molecule has 1 aliphatic carbocycles. The number of hydrogen-bond donors (Lipinski definition) is 2. The molecule has 4 nitrogen and oxygen atoms in total. The lowest BCUT2D eigenvalue weighted by Crippen LogP contribution is -2.48. The fourth-order valence-corrected chi connectivity index (χ4v) is 3.60. The zero-order chi connectivity index (χ0) is 15.3. The number of rotatable bonds is 6. The monoisotopic (exact) mass is 311 g/mol. The van der Waals surface area contributed by atoms with Crippen LogP contribution in [0, 0.1) is 0 Å². The number of nitrogens with zero attached hydrogens (tertiary/aromatic N) is 1. The van der Waals surface area contributed by atoms with E-state index in [1.165, 1.54) is 19.3 Å². The van der Waals surface area contributed by atoms with Crippen LogP contribution >= 0.6 is 11.6 Å². The Kier molecular flexibility index (Phi) is 5.85. The quantitative estimate of drug-likeness (QED) is 0.841. The Morgan fingerprint density at radius 1 is 1.38 bits per heavy atom. The van der Waals surface area contributed by atoms with E-state index in [-0.39, 0.29) is 11.6 Å². The topological polar surface area (TPSA) is 60.2 Å². The van der Waals surface area contributed by atoms with E-state index in [0.717, 1.165) is 24.9 Å². The van der Waals surface area contributed by atoms with Gasteiger partial charge in [-0.1, -0.05) is 37.8 Å². The number of aromatic nitrogens is 1. The van der Waals surface area contributed by atoms with Crippen LogP contribution in [0.4, 0.5) is 5.82 Å². The van der Waals surface area contributed by atoms with Crippen molar-refractivity contribution in [1.82, 2.24) is 10.3 Å². The van der Waals surface area contributed by atoms with Gasteiger partial charge in [0.05, 0.1) is 16.7 Å². The summed E-state index contributed by atoms with van der Waals surface area (Å²) < 4.78 is 6.25. The molecule has 0 bridgehead atoms. The summed E-state index contributed by atoms with van der Waals surface area (Å²) in [4.78, 5) is 4.22. The van der Waals surface area contributed by atoms with Gasteiger partial charge in [0.15, 0.2) is 0 Å². The van der Waals surface area contributed by atoms with Crippen molar-refractivity contribution < 1.29 is 4.74 Å². The standard InChI is InChI=1S/C16H26ClN3O/c1-3-19-14(13-10-12(17)11-20-15(13)18)16(21-4-2)8-6-5-7-9-16/h10-11,14,19H,3-9H2,1-2H3,(H2,18,20). The van der Waals surface area contributed by atoms with E-state index in [0.29, 0.717) is 17.4 Å². The van der Waals surface area contributed by atoms with Gasteiger partial charge < -0.3 is 15.8 Å². The molecule has 0 spiro atoms. The minimum absolute atomic E-state index is 0.0361. The summed E-state index contributed by atoms with van der Waals surface area (Å²) >= 11 is 6.14. The predicted octanol–water partition coefficient (Wildman–Crippen LogP) is 3.71. The first-order valence-electron chi connectivity index (χ1n) is 7.91. The Hall–Kier alpha value is -0.840. The fourth-order valence-electron chi connectivity index (χ4n) is 3.43. The summed E-state index contributed by atoms with van der Waals surface area (Å²) in [7, 11) is 0. The molecule has 3 N–H and O–H groups in total. The summed E-state index contributed by atoms with van der Waals surface area (Å²) in [6.45, 7) is 5.71. The smallest absolute Gasteiger partial charge is 0.128 e. The molecule has 1 unspecified atom stereocenters. The van der Waals surface area contributed by atoms with Gasteiger partial charge in [0.25, 0.3) is 0 Å². The Morgan fingerprint density at radius 3 is 2.71 bits per heavy atom. The Bertz CT molecular complexity index is 455. The number of halogens is 1. The van der Waals surface area contributed by atoms with Gasteiger partial charge in [0, 0.05) is 18.4 Å². The Morgan fingerprint density at radius 2 is 2.10 bits per heavy atom. The van der Waals surface area contributed by atoms with Crippen molar-refractivity contribution >= 4 is 17.4 Å². The van der Waals surface area contributed by atoms with Crippen LogP contribution in [-0.2, 0) is 4.74 Å². The van der Waals surface area contributed by atoms with Crippen LogP contribution in [0.1, 0.15) is 57.6 Å². The summed E-state index contributed by atoms with van der Waals surface area (Å²) in [6, 6.07) is 1.96. The molecule has 1 heterocycles. The lowest BCUT2D eigenvalue weighted by Gasteiger charge is -2.44. The third-order valence-corrected chi connectivity index (χ3v) is 4.50. The number of nitrogens with two attached hydrogens (primary N) is 1. The normalized spacial score (nSPS) is 19.4. The van der Waals surface area contributed by atoms with Crippen LogP contribution < -0.4 is 11.1 Å². The summed E-state index contributed by atoms with van der Waals surface area (Å²) in [6.07, 6.45) is 7.34. The van der Waals surface area contributed by atoms with E-state index in [4.69, 9.17) is 22.1 Å². The number of ether oxygens (including phenoxy) is 1. The number of anilines is 1. The molecule has 5 heteroatoms. The molecule has 0 aliphatic heterocycles. The molecule has 2 rings (SSSR count). The maximum Gasteiger partial charge on any atom is 0.128 e.